The zero-order valence-corrected chi connectivity index (χ0v) is 16.5. The molecule has 0 bridgehead atoms. The third-order valence-electron chi connectivity index (χ3n) is 4.70. The molecule has 0 aliphatic carbocycles. The zero-order chi connectivity index (χ0) is 18.8. The van der Waals surface area contributed by atoms with E-state index in [0.29, 0.717) is 23.1 Å². The Morgan fingerprint density at radius 2 is 2.07 bits per heavy atom. The molecule has 1 aromatic carbocycles. The van der Waals surface area contributed by atoms with Crippen LogP contribution in [0.2, 0.25) is 0 Å². The highest BCUT2D eigenvalue weighted by Crippen LogP contribution is 2.22. The number of hydrogen-bond donors (Lipinski definition) is 2. The predicted molar refractivity (Wildman–Crippen MR) is 106 cm³/mol. The number of nitrogens with zero attached hydrogens (tertiary/aromatic N) is 5. The molecule has 1 amide bonds. The van der Waals surface area contributed by atoms with Crippen molar-refractivity contribution in [3.63, 3.8) is 0 Å². The number of aryl methyl sites for hydroxylation is 1. The summed E-state index contributed by atoms with van der Waals surface area (Å²) in [6.07, 6.45) is 1.97. The quantitative estimate of drug-likeness (QED) is 0.688. The molecule has 3 aromatic rings. The summed E-state index contributed by atoms with van der Waals surface area (Å²) in [5.41, 5.74) is 2.52. The van der Waals surface area contributed by atoms with Gasteiger partial charge in [-0.15, -0.1) is 17.5 Å². The standard InChI is InChI=1S/C18H21N7O2.ClH/c1-11-16(22-24-25(11)15-6-8-19-9-7-15)18(26)21-14-5-3-4-13(10-14)17-20-12(2)27-23-17;/h3-5,10,15,19H,6-9H2,1-2H3,(H,21,26);1H. The molecule has 0 spiro atoms. The number of amides is 1. The van der Waals surface area contributed by atoms with Gasteiger partial charge >= 0.3 is 0 Å². The van der Waals surface area contributed by atoms with E-state index in [0.717, 1.165) is 37.2 Å². The van der Waals surface area contributed by atoms with Crippen LogP contribution in [-0.2, 0) is 0 Å². The third kappa shape index (κ3) is 4.05. The van der Waals surface area contributed by atoms with Gasteiger partial charge in [0.25, 0.3) is 5.91 Å². The summed E-state index contributed by atoms with van der Waals surface area (Å²) < 4.78 is 6.88. The number of piperidine rings is 1. The minimum Gasteiger partial charge on any atom is -0.339 e. The lowest BCUT2D eigenvalue weighted by Gasteiger charge is -2.23. The molecule has 9 nitrogen and oxygen atoms in total. The lowest BCUT2D eigenvalue weighted by atomic mass is 10.1. The predicted octanol–water partition coefficient (Wildman–Crippen LogP) is 2.54. The van der Waals surface area contributed by atoms with Gasteiger partial charge in [-0.05, 0) is 45.0 Å². The van der Waals surface area contributed by atoms with E-state index in [-0.39, 0.29) is 24.4 Å². The Kier molecular flexibility index (Phi) is 6.05. The molecule has 1 fully saturated rings. The molecular weight excluding hydrogens is 382 g/mol. The lowest BCUT2D eigenvalue weighted by molar-refractivity contribution is 0.102. The van der Waals surface area contributed by atoms with Gasteiger partial charge in [0.05, 0.1) is 11.7 Å². The second-order valence-electron chi connectivity index (χ2n) is 6.62. The number of anilines is 1. The maximum absolute atomic E-state index is 12.7. The number of hydrogen-bond acceptors (Lipinski definition) is 7. The van der Waals surface area contributed by atoms with Crippen LogP contribution in [-0.4, -0.2) is 44.1 Å². The van der Waals surface area contributed by atoms with E-state index in [1.54, 1.807) is 19.1 Å². The number of halogens is 1. The van der Waals surface area contributed by atoms with Crippen molar-refractivity contribution in [2.75, 3.05) is 18.4 Å². The largest absolute Gasteiger partial charge is 0.339 e. The maximum Gasteiger partial charge on any atom is 0.278 e. The number of nitrogens with one attached hydrogen (secondary N) is 2. The van der Waals surface area contributed by atoms with Crippen LogP contribution in [0.3, 0.4) is 0 Å². The van der Waals surface area contributed by atoms with Crippen molar-refractivity contribution < 1.29 is 9.32 Å². The Morgan fingerprint density at radius 1 is 1.29 bits per heavy atom. The average Bonchev–Trinajstić information content (AvgIpc) is 3.28. The first-order chi connectivity index (χ1) is 13.1. The van der Waals surface area contributed by atoms with E-state index in [9.17, 15) is 4.79 Å². The van der Waals surface area contributed by atoms with Gasteiger partial charge in [0.15, 0.2) is 5.69 Å². The van der Waals surface area contributed by atoms with Crippen molar-refractivity contribution in [3.05, 3.63) is 41.5 Å². The van der Waals surface area contributed by atoms with Crippen molar-refractivity contribution in [3.8, 4) is 11.4 Å². The molecule has 0 unspecified atom stereocenters. The SMILES string of the molecule is Cc1nc(-c2cccc(NC(=O)c3nnn(C4CCNCC4)c3C)c2)no1.Cl. The molecule has 2 N–H and O–H groups in total. The van der Waals surface area contributed by atoms with E-state index in [1.165, 1.54) is 0 Å². The minimum absolute atomic E-state index is 0. The Morgan fingerprint density at radius 3 is 2.79 bits per heavy atom. The summed E-state index contributed by atoms with van der Waals surface area (Å²) in [4.78, 5) is 16.9. The molecule has 28 heavy (non-hydrogen) atoms. The maximum atomic E-state index is 12.7. The Bertz CT molecular complexity index is 963. The number of carbonyl (C=O) groups is 1. The summed E-state index contributed by atoms with van der Waals surface area (Å²) in [6.45, 7) is 5.52. The second-order valence-corrected chi connectivity index (χ2v) is 6.62. The van der Waals surface area contributed by atoms with Crippen LogP contribution >= 0.6 is 12.4 Å². The molecule has 0 atom stereocenters. The molecule has 0 saturated carbocycles. The van der Waals surface area contributed by atoms with Gasteiger partial charge in [0, 0.05) is 18.2 Å². The van der Waals surface area contributed by atoms with Gasteiger partial charge in [0.2, 0.25) is 11.7 Å². The molecule has 1 aliphatic rings. The number of rotatable bonds is 4. The number of benzene rings is 1. The Balaban J connectivity index is 0.00000225. The van der Waals surface area contributed by atoms with Crippen molar-refractivity contribution in [1.82, 2.24) is 30.5 Å². The minimum atomic E-state index is -0.283. The van der Waals surface area contributed by atoms with E-state index >= 15 is 0 Å². The molecule has 4 rings (SSSR count). The lowest BCUT2D eigenvalue weighted by Crippen LogP contribution is -2.30. The molecule has 1 saturated heterocycles. The summed E-state index contributed by atoms with van der Waals surface area (Å²) in [5, 5.41) is 18.4. The van der Waals surface area contributed by atoms with Gasteiger partial charge in [-0.2, -0.15) is 4.98 Å². The highest BCUT2D eigenvalue weighted by atomic mass is 35.5. The molecule has 1 aliphatic heterocycles. The molecule has 2 aromatic heterocycles. The smallest absolute Gasteiger partial charge is 0.278 e. The van der Waals surface area contributed by atoms with Crippen LogP contribution in [0.25, 0.3) is 11.4 Å². The van der Waals surface area contributed by atoms with Crippen LogP contribution in [0.15, 0.2) is 28.8 Å². The first kappa shape index (κ1) is 20.0. The average molecular weight is 404 g/mol. The van der Waals surface area contributed by atoms with Gasteiger partial charge in [-0.1, -0.05) is 22.5 Å². The highest BCUT2D eigenvalue weighted by molar-refractivity contribution is 6.03. The van der Waals surface area contributed by atoms with Gasteiger partial charge in [-0.25, -0.2) is 4.68 Å². The molecule has 148 valence electrons. The van der Waals surface area contributed by atoms with Crippen LogP contribution in [0, 0.1) is 13.8 Å². The summed E-state index contributed by atoms with van der Waals surface area (Å²) in [7, 11) is 0. The normalized spacial score (nSPS) is 14.5. The molecular formula is C18H22ClN7O2. The van der Waals surface area contributed by atoms with E-state index in [4.69, 9.17) is 4.52 Å². The zero-order valence-electron chi connectivity index (χ0n) is 15.7. The van der Waals surface area contributed by atoms with Gasteiger partial charge in [-0.3, -0.25) is 4.79 Å². The van der Waals surface area contributed by atoms with Crippen LogP contribution in [0.5, 0.6) is 0 Å². The van der Waals surface area contributed by atoms with Crippen molar-refractivity contribution in [1.29, 1.82) is 0 Å². The molecule has 3 heterocycles. The van der Waals surface area contributed by atoms with Crippen molar-refractivity contribution in [2.45, 2.75) is 32.7 Å². The molecule has 0 radical (unpaired) electrons. The van der Waals surface area contributed by atoms with Crippen molar-refractivity contribution >= 4 is 24.0 Å². The van der Waals surface area contributed by atoms with Gasteiger partial charge in [0.1, 0.15) is 0 Å². The molecule has 10 heteroatoms. The Labute approximate surface area is 168 Å². The summed E-state index contributed by atoms with van der Waals surface area (Å²) in [6, 6.07) is 7.58. The topological polar surface area (TPSA) is 111 Å². The third-order valence-corrected chi connectivity index (χ3v) is 4.70. The fourth-order valence-electron chi connectivity index (χ4n) is 3.29. The van der Waals surface area contributed by atoms with E-state index in [2.05, 4.69) is 31.1 Å². The highest BCUT2D eigenvalue weighted by Gasteiger charge is 2.23. The van der Waals surface area contributed by atoms with Crippen LogP contribution < -0.4 is 10.6 Å². The first-order valence-electron chi connectivity index (χ1n) is 8.96. The fourth-order valence-corrected chi connectivity index (χ4v) is 3.29. The number of carbonyl (C=O) groups excluding carboxylic acids is 1. The first-order valence-corrected chi connectivity index (χ1v) is 8.96. The van der Waals surface area contributed by atoms with E-state index < -0.39 is 0 Å². The number of aromatic nitrogens is 5. The Hall–Kier alpha value is -2.78. The fraction of sp³-hybridized carbons (Fsp3) is 0.389. The van der Waals surface area contributed by atoms with E-state index in [1.807, 2.05) is 23.7 Å². The monoisotopic (exact) mass is 403 g/mol. The van der Waals surface area contributed by atoms with Gasteiger partial charge < -0.3 is 15.2 Å². The summed E-state index contributed by atoms with van der Waals surface area (Å²) >= 11 is 0. The van der Waals surface area contributed by atoms with Crippen LogP contribution in [0.4, 0.5) is 5.69 Å². The van der Waals surface area contributed by atoms with Crippen molar-refractivity contribution in [2.24, 2.45) is 0 Å². The second kappa shape index (κ2) is 8.49. The van der Waals surface area contributed by atoms with Crippen LogP contribution in [0.1, 0.15) is 41.0 Å². The summed E-state index contributed by atoms with van der Waals surface area (Å²) in [5.74, 6) is 0.690.